The van der Waals surface area contributed by atoms with Gasteiger partial charge in [-0.15, -0.1) is 0 Å². The molecule has 6 nitrogen and oxygen atoms in total. The normalized spacial score (nSPS) is 19.0. The van der Waals surface area contributed by atoms with Crippen LogP contribution in [-0.4, -0.2) is 64.7 Å². The first kappa shape index (κ1) is 17.1. The van der Waals surface area contributed by atoms with E-state index in [1.165, 1.54) is 6.26 Å². The summed E-state index contributed by atoms with van der Waals surface area (Å²) < 4.78 is 23.9. The molecule has 0 N–H and O–H groups in total. The lowest BCUT2D eigenvalue weighted by Crippen LogP contribution is -2.48. The Hall–Kier alpha value is -1.76. The third-order valence-corrected chi connectivity index (χ3v) is 6.00. The Morgan fingerprint density at radius 3 is 2.04 bits per heavy atom. The molecule has 3 rings (SSSR count). The van der Waals surface area contributed by atoms with Gasteiger partial charge in [-0.25, -0.2) is 8.42 Å². The van der Waals surface area contributed by atoms with Gasteiger partial charge in [-0.3, -0.25) is 4.79 Å². The van der Waals surface area contributed by atoms with Gasteiger partial charge in [0.25, 0.3) is 0 Å². The molecule has 0 saturated carbocycles. The van der Waals surface area contributed by atoms with Gasteiger partial charge in [0.2, 0.25) is 5.91 Å². The minimum Gasteiger partial charge on any atom is -0.370 e. The minimum absolute atomic E-state index is 0.113. The molecule has 1 aromatic rings. The maximum absolute atomic E-state index is 11.9. The minimum atomic E-state index is -3.22. The van der Waals surface area contributed by atoms with Gasteiger partial charge in [0.15, 0.2) is 9.84 Å². The van der Waals surface area contributed by atoms with Crippen LogP contribution in [-0.2, 0) is 14.6 Å². The second-order valence-corrected chi connectivity index (χ2v) is 8.63. The first-order valence-corrected chi connectivity index (χ1v) is 10.3. The molecule has 1 amide bonds. The summed E-state index contributed by atoms with van der Waals surface area (Å²) in [5.74, 6) is 0.113. The van der Waals surface area contributed by atoms with Crippen LogP contribution in [0.5, 0.6) is 0 Å². The average molecular weight is 351 g/mol. The number of piperazine rings is 1. The van der Waals surface area contributed by atoms with Crippen LogP contribution in [0.4, 0.5) is 11.4 Å². The summed E-state index contributed by atoms with van der Waals surface area (Å²) in [4.78, 5) is 18.3. The molecule has 2 aliphatic rings. The lowest BCUT2D eigenvalue weighted by molar-refractivity contribution is -0.129. The predicted molar refractivity (Wildman–Crippen MR) is 95.5 cm³/mol. The lowest BCUT2D eigenvalue weighted by Gasteiger charge is -2.37. The highest BCUT2D eigenvalue weighted by atomic mass is 32.2. The molecular formula is C17H25N3O3S. The molecule has 2 fully saturated rings. The standard InChI is InChI=1S/C17H25N3O3S/c1-14(21)18-9-11-20(12-10-18)16-6-5-15(24(2,22)23)13-17(16)19-7-3-4-8-19/h5-6,13H,3-4,7-12H2,1-2H3. The molecule has 0 bridgehead atoms. The Labute approximate surface area is 144 Å². The van der Waals surface area contributed by atoms with Gasteiger partial charge in [0, 0.05) is 52.4 Å². The summed E-state index contributed by atoms with van der Waals surface area (Å²) in [6, 6.07) is 5.43. The molecule has 2 heterocycles. The van der Waals surface area contributed by atoms with Gasteiger partial charge >= 0.3 is 0 Å². The monoisotopic (exact) mass is 351 g/mol. The Bertz CT molecular complexity index is 719. The average Bonchev–Trinajstić information content (AvgIpc) is 3.08. The highest BCUT2D eigenvalue weighted by molar-refractivity contribution is 7.90. The second-order valence-electron chi connectivity index (χ2n) is 6.61. The van der Waals surface area contributed by atoms with Crippen LogP contribution in [0.2, 0.25) is 0 Å². The SMILES string of the molecule is CC(=O)N1CCN(c2ccc(S(C)(=O)=O)cc2N2CCCC2)CC1. The van der Waals surface area contributed by atoms with Crippen molar-refractivity contribution in [2.24, 2.45) is 0 Å². The molecule has 2 saturated heterocycles. The van der Waals surface area contributed by atoms with Crippen molar-refractivity contribution in [3.05, 3.63) is 18.2 Å². The van der Waals surface area contributed by atoms with Gasteiger partial charge in [-0.2, -0.15) is 0 Å². The van der Waals surface area contributed by atoms with E-state index in [4.69, 9.17) is 0 Å². The van der Waals surface area contributed by atoms with E-state index in [-0.39, 0.29) is 5.91 Å². The maximum Gasteiger partial charge on any atom is 0.219 e. The lowest BCUT2D eigenvalue weighted by atomic mass is 10.2. The van der Waals surface area contributed by atoms with E-state index in [9.17, 15) is 13.2 Å². The van der Waals surface area contributed by atoms with Crippen molar-refractivity contribution in [1.29, 1.82) is 0 Å². The molecule has 0 atom stereocenters. The van der Waals surface area contributed by atoms with Crippen LogP contribution in [0.3, 0.4) is 0 Å². The van der Waals surface area contributed by atoms with E-state index < -0.39 is 9.84 Å². The zero-order valence-corrected chi connectivity index (χ0v) is 15.2. The predicted octanol–water partition coefficient (Wildman–Crippen LogP) is 1.36. The Morgan fingerprint density at radius 1 is 0.917 bits per heavy atom. The largest absolute Gasteiger partial charge is 0.370 e. The first-order valence-electron chi connectivity index (χ1n) is 8.46. The Balaban J connectivity index is 1.91. The van der Waals surface area contributed by atoms with Crippen molar-refractivity contribution in [2.75, 3.05) is 55.3 Å². The van der Waals surface area contributed by atoms with Gasteiger partial charge in [-0.05, 0) is 31.0 Å². The zero-order chi connectivity index (χ0) is 17.3. The summed E-state index contributed by atoms with van der Waals surface area (Å²) in [6.45, 7) is 6.51. The number of hydrogen-bond donors (Lipinski definition) is 0. The number of sulfone groups is 1. The molecule has 0 aliphatic carbocycles. The summed E-state index contributed by atoms with van der Waals surface area (Å²) in [5, 5.41) is 0. The number of nitrogens with zero attached hydrogens (tertiary/aromatic N) is 3. The Kier molecular flexibility index (Phi) is 4.71. The van der Waals surface area contributed by atoms with E-state index in [0.717, 1.165) is 50.4 Å². The van der Waals surface area contributed by atoms with E-state index >= 15 is 0 Å². The molecule has 24 heavy (non-hydrogen) atoms. The van der Waals surface area contributed by atoms with E-state index in [1.54, 1.807) is 13.0 Å². The number of benzene rings is 1. The fourth-order valence-corrected chi connectivity index (χ4v) is 4.12. The molecule has 0 unspecified atom stereocenters. The number of rotatable bonds is 3. The number of carbonyl (C=O) groups excluding carboxylic acids is 1. The quantitative estimate of drug-likeness (QED) is 0.823. The van der Waals surface area contributed by atoms with E-state index in [2.05, 4.69) is 9.80 Å². The first-order chi connectivity index (χ1) is 11.4. The van der Waals surface area contributed by atoms with Gasteiger partial charge in [0.05, 0.1) is 16.3 Å². The van der Waals surface area contributed by atoms with Crippen molar-refractivity contribution in [3.8, 4) is 0 Å². The summed E-state index contributed by atoms with van der Waals surface area (Å²) in [5.41, 5.74) is 2.08. The van der Waals surface area contributed by atoms with Crippen LogP contribution < -0.4 is 9.80 Å². The molecular weight excluding hydrogens is 326 g/mol. The smallest absolute Gasteiger partial charge is 0.219 e. The van der Waals surface area contributed by atoms with Crippen LogP contribution in [0.1, 0.15) is 19.8 Å². The summed E-state index contributed by atoms with van der Waals surface area (Å²) in [7, 11) is -3.22. The van der Waals surface area contributed by atoms with Crippen molar-refractivity contribution < 1.29 is 13.2 Å². The van der Waals surface area contributed by atoms with E-state index in [0.29, 0.717) is 18.0 Å². The Morgan fingerprint density at radius 2 is 1.50 bits per heavy atom. The van der Waals surface area contributed by atoms with Crippen molar-refractivity contribution in [2.45, 2.75) is 24.7 Å². The molecule has 2 aliphatic heterocycles. The summed E-state index contributed by atoms with van der Waals surface area (Å²) >= 11 is 0. The fraction of sp³-hybridized carbons (Fsp3) is 0.588. The molecule has 132 valence electrons. The molecule has 0 spiro atoms. The van der Waals surface area contributed by atoms with Crippen LogP contribution in [0.25, 0.3) is 0 Å². The van der Waals surface area contributed by atoms with Crippen LogP contribution >= 0.6 is 0 Å². The van der Waals surface area contributed by atoms with Crippen molar-refractivity contribution >= 4 is 27.1 Å². The number of carbonyl (C=O) groups is 1. The maximum atomic E-state index is 11.9. The van der Waals surface area contributed by atoms with E-state index in [1.807, 2.05) is 17.0 Å². The number of anilines is 2. The topological polar surface area (TPSA) is 60.9 Å². The van der Waals surface area contributed by atoms with Crippen LogP contribution in [0, 0.1) is 0 Å². The van der Waals surface area contributed by atoms with Gasteiger partial charge in [0.1, 0.15) is 0 Å². The van der Waals surface area contributed by atoms with Crippen LogP contribution in [0.15, 0.2) is 23.1 Å². The molecule has 0 radical (unpaired) electrons. The fourth-order valence-electron chi connectivity index (χ4n) is 3.47. The highest BCUT2D eigenvalue weighted by Gasteiger charge is 2.25. The van der Waals surface area contributed by atoms with Gasteiger partial charge < -0.3 is 14.7 Å². The number of amides is 1. The second kappa shape index (κ2) is 6.63. The zero-order valence-electron chi connectivity index (χ0n) is 14.4. The third-order valence-electron chi connectivity index (χ3n) is 4.89. The molecule has 1 aromatic carbocycles. The molecule has 0 aromatic heterocycles. The highest BCUT2D eigenvalue weighted by Crippen LogP contribution is 2.34. The van der Waals surface area contributed by atoms with Crippen molar-refractivity contribution in [1.82, 2.24) is 4.90 Å². The number of hydrogen-bond acceptors (Lipinski definition) is 5. The summed E-state index contributed by atoms with van der Waals surface area (Å²) in [6.07, 6.45) is 3.53. The third kappa shape index (κ3) is 3.50. The molecule has 7 heteroatoms. The van der Waals surface area contributed by atoms with Gasteiger partial charge in [-0.1, -0.05) is 0 Å². The van der Waals surface area contributed by atoms with Crippen molar-refractivity contribution in [3.63, 3.8) is 0 Å².